The first-order chi connectivity index (χ1) is 9.84. The van der Waals surface area contributed by atoms with Crippen LogP contribution < -0.4 is 10.6 Å². The number of piperidine rings is 1. The summed E-state index contributed by atoms with van der Waals surface area (Å²) in [5.74, 6) is 0.680. The molecule has 110 valence electrons. The minimum absolute atomic E-state index is 0.0234. The fourth-order valence-corrected chi connectivity index (χ4v) is 2.47. The predicted molar refractivity (Wildman–Crippen MR) is 79.3 cm³/mol. The van der Waals surface area contributed by atoms with E-state index in [0.717, 1.165) is 31.6 Å². The number of amides is 1. The average Bonchev–Trinajstić information content (AvgIpc) is 2.49. The first-order valence-corrected chi connectivity index (χ1v) is 7.43. The van der Waals surface area contributed by atoms with Gasteiger partial charge in [-0.15, -0.1) is 0 Å². The lowest BCUT2D eigenvalue weighted by Gasteiger charge is -2.22. The van der Waals surface area contributed by atoms with Crippen LogP contribution in [0.2, 0.25) is 0 Å². The molecule has 0 saturated carbocycles. The van der Waals surface area contributed by atoms with Crippen molar-refractivity contribution >= 4 is 5.91 Å². The van der Waals surface area contributed by atoms with Crippen molar-refractivity contribution in [2.24, 2.45) is 5.92 Å². The van der Waals surface area contributed by atoms with Gasteiger partial charge in [0.2, 0.25) is 5.91 Å². The number of hydrogen-bond donors (Lipinski definition) is 2. The molecule has 0 radical (unpaired) electrons. The topological polar surface area (TPSA) is 50.4 Å². The van der Waals surface area contributed by atoms with Gasteiger partial charge in [0.15, 0.2) is 0 Å². The van der Waals surface area contributed by atoms with Gasteiger partial charge >= 0.3 is 0 Å². The van der Waals surface area contributed by atoms with Crippen LogP contribution in [0.25, 0.3) is 0 Å². The summed E-state index contributed by atoms with van der Waals surface area (Å²) in [6.45, 7) is 3.59. The molecule has 2 N–H and O–H groups in total. The van der Waals surface area contributed by atoms with Crippen LogP contribution in [0.15, 0.2) is 30.3 Å². The van der Waals surface area contributed by atoms with Gasteiger partial charge in [0, 0.05) is 6.54 Å². The van der Waals surface area contributed by atoms with Crippen molar-refractivity contribution in [1.29, 1.82) is 0 Å². The van der Waals surface area contributed by atoms with Crippen molar-refractivity contribution in [2.75, 3.05) is 26.2 Å². The first-order valence-electron chi connectivity index (χ1n) is 7.43. The zero-order valence-electron chi connectivity index (χ0n) is 11.9. The lowest BCUT2D eigenvalue weighted by molar-refractivity contribution is -0.126. The van der Waals surface area contributed by atoms with E-state index in [1.54, 1.807) is 0 Å². The van der Waals surface area contributed by atoms with E-state index in [9.17, 15) is 4.79 Å². The zero-order valence-corrected chi connectivity index (χ0v) is 11.9. The first kappa shape index (κ1) is 15.0. The third kappa shape index (κ3) is 5.72. The van der Waals surface area contributed by atoms with E-state index < -0.39 is 0 Å². The summed E-state index contributed by atoms with van der Waals surface area (Å²) in [6, 6.07) is 9.90. The van der Waals surface area contributed by atoms with Gasteiger partial charge in [-0.1, -0.05) is 30.3 Å². The molecule has 4 heteroatoms. The van der Waals surface area contributed by atoms with Crippen LogP contribution in [0.4, 0.5) is 0 Å². The number of hydrogen-bond acceptors (Lipinski definition) is 3. The maximum atomic E-state index is 11.6. The summed E-state index contributed by atoms with van der Waals surface area (Å²) in [6.07, 6.45) is 3.57. The highest BCUT2D eigenvalue weighted by Gasteiger charge is 2.12. The number of ether oxygens (including phenoxy) is 1. The molecule has 1 heterocycles. The zero-order chi connectivity index (χ0) is 14.0. The van der Waals surface area contributed by atoms with Crippen LogP contribution in [-0.2, 0) is 16.1 Å². The lowest BCUT2D eigenvalue weighted by Crippen LogP contribution is -2.34. The third-order valence-electron chi connectivity index (χ3n) is 3.62. The molecule has 20 heavy (non-hydrogen) atoms. The Hall–Kier alpha value is -1.39. The highest BCUT2D eigenvalue weighted by atomic mass is 16.5. The molecule has 1 atom stereocenters. The number of benzene rings is 1. The van der Waals surface area contributed by atoms with Crippen molar-refractivity contribution in [3.63, 3.8) is 0 Å². The van der Waals surface area contributed by atoms with Gasteiger partial charge in [0.25, 0.3) is 0 Å². The molecule has 1 aromatic rings. The molecule has 4 nitrogen and oxygen atoms in total. The Morgan fingerprint density at radius 2 is 2.20 bits per heavy atom. The predicted octanol–water partition coefficient (Wildman–Crippen LogP) is 1.71. The summed E-state index contributed by atoms with van der Waals surface area (Å²) in [7, 11) is 0. The molecule has 0 aliphatic carbocycles. The minimum Gasteiger partial charge on any atom is -0.367 e. The molecule has 1 amide bonds. The van der Waals surface area contributed by atoms with Gasteiger partial charge in [-0.3, -0.25) is 4.79 Å². The number of carbonyl (C=O) groups is 1. The lowest BCUT2D eigenvalue weighted by atomic mass is 9.96. The minimum atomic E-state index is -0.0234. The standard InChI is InChI=1S/C16H24N2O2/c19-16(13-20-12-15-5-2-1-3-6-15)18-10-8-14-7-4-9-17-11-14/h1-3,5-6,14,17H,4,7-13H2,(H,18,19). The van der Waals surface area contributed by atoms with Crippen LogP contribution in [0.3, 0.4) is 0 Å². The summed E-state index contributed by atoms with van der Waals surface area (Å²) in [5, 5.41) is 6.31. The maximum absolute atomic E-state index is 11.6. The SMILES string of the molecule is O=C(COCc1ccccc1)NCCC1CCCNC1. The van der Waals surface area contributed by atoms with E-state index in [-0.39, 0.29) is 12.5 Å². The molecule has 0 bridgehead atoms. The largest absolute Gasteiger partial charge is 0.367 e. The summed E-state index contributed by atoms with van der Waals surface area (Å²) >= 11 is 0. The second-order valence-electron chi connectivity index (χ2n) is 5.33. The number of carbonyl (C=O) groups excluding carboxylic acids is 1. The van der Waals surface area contributed by atoms with Crippen LogP contribution >= 0.6 is 0 Å². The highest BCUT2D eigenvalue weighted by molar-refractivity contribution is 5.77. The van der Waals surface area contributed by atoms with E-state index >= 15 is 0 Å². The molecule has 1 aliphatic heterocycles. The van der Waals surface area contributed by atoms with Gasteiger partial charge in [0.05, 0.1) is 6.61 Å². The van der Waals surface area contributed by atoms with E-state index in [1.807, 2.05) is 30.3 Å². The third-order valence-corrected chi connectivity index (χ3v) is 3.62. The van der Waals surface area contributed by atoms with Gasteiger partial charge < -0.3 is 15.4 Å². The quantitative estimate of drug-likeness (QED) is 0.797. The Labute approximate surface area is 120 Å². The van der Waals surface area contributed by atoms with Gasteiger partial charge in [-0.05, 0) is 43.8 Å². The van der Waals surface area contributed by atoms with Crippen molar-refractivity contribution in [1.82, 2.24) is 10.6 Å². The van der Waals surface area contributed by atoms with E-state index in [4.69, 9.17) is 4.74 Å². The molecule has 1 fully saturated rings. The van der Waals surface area contributed by atoms with Crippen LogP contribution in [0.5, 0.6) is 0 Å². The maximum Gasteiger partial charge on any atom is 0.246 e. The second-order valence-corrected chi connectivity index (χ2v) is 5.33. The van der Waals surface area contributed by atoms with E-state index in [2.05, 4.69) is 10.6 Å². The smallest absolute Gasteiger partial charge is 0.246 e. The van der Waals surface area contributed by atoms with Crippen molar-refractivity contribution < 1.29 is 9.53 Å². The van der Waals surface area contributed by atoms with Crippen LogP contribution in [-0.4, -0.2) is 32.1 Å². The normalized spacial score (nSPS) is 18.7. The molecule has 1 saturated heterocycles. The Bertz CT molecular complexity index is 389. The van der Waals surface area contributed by atoms with Crippen molar-refractivity contribution in [3.8, 4) is 0 Å². The van der Waals surface area contributed by atoms with Gasteiger partial charge in [0.1, 0.15) is 6.61 Å². The van der Waals surface area contributed by atoms with E-state index in [1.165, 1.54) is 12.8 Å². The second kappa shape index (κ2) is 8.72. The fourth-order valence-electron chi connectivity index (χ4n) is 2.47. The molecule has 1 aromatic carbocycles. The summed E-state index contributed by atoms with van der Waals surface area (Å²) in [5.41, 5.74) is 1.09. The fraction of sp³-hybridized carbons (Fsp3) is 0.562. The van der Waals surface area contributed by atoms with Gasteiger partial charge in [-0.25, -0.2) is 0 Å². The molecular formula is C16H24N2O2. The molecule has 2 rings (SSSR count). The Morgan fingerprint density at radius 3 is 2.95 bits per heavy atom. The van der Waals surface area contributed by atoms with E-state index in [0.29, 0.717) is 12.5 Å². The van der Waals surface area contributed by atoms with Gasteiger partial charge in [-0.2, -0.15) is 0 Å². The Morgan fingerprint density at radius 1 is 1.35 bits per heavy atom. The van der Waals surface area contributed by atoms with Crippen molar-refractivity contribution in [3.05, 3.63) is 35.9 Å². The summed E-state index contributed by atoms with van der Waals surface area (Å²) < 4.78 is 5.40. The Kier molecular flexibility index (Phi) is 6.54. The monoisotopic (exact) mass is 276 g/mol. The number of rotatable bonds is 7. The van der Waals surface area contributed by atoms with Crippen LogP contribution in [0.1, 0.15) is 24.8 Å². The molecule has 1 unspecified atom stereocenters. The van der Waals surface area contributed by atoms with Crippen molar-refractivity contribution in [2.45, 2.75) is 25.9 Å². The molecule has 1 aliphatic rings. The number of nitrogens with one attached hydrogen (secondary N) is 2. The van der Waals surface area contributed by atoms with Crippen LogP contribution in [0, 0.1) is 5.92 Å². The molecule has 0 aromatic heterocycles. The average molecular weight is 276 g/mol. The highest BCUT2D eigenvalue weighted by Crippen LogP contribution is 2.12. The molecular weight excluding hydrogens is 252 g/mol. The molecule has 0 spiro atoms. The Balaban J connectivity index is 1.52. The summed E-state index contributed by atoms with van der Waals surface area (Å²) in [4.78, 5) is 11.6.